The van der Waals surface area contributed by atoms with E-state index in [0.717, 1.165) is 22.5 Å². The van der Waals surface area contributed by atoms with Gasteiger partial charge in [0.25, 0.3) is 0 Å². The highest BCUT2D eigenvalue weighted by Gasteiger charge is 2.41. The average Bonchev–Trinajstić information content (AvgIpc) is 2.79. The maximum atomic E-state index is 13.4. The van der Waals surface area contributed by atoms with E-state index in [4.69, 9.17) is 26.1 Å². The van der Waals surface area contributed by atoms with Gasteiger partial charge < -0.3 is 9.47 Å². The second-order valence-electron chi connectivity index (χ2n) is 8.12. The topological polar surface area (TPSA) is 71.7 Å². The van der Waals surface area contributed by atoms with Crippen molar-refractivity contribution in [3.8, 4) is 17.6 Å². The normalized spacial score (nSPS) is 22.7. The Morgan fingerprint density at radius 2 is 1.84 bits per heavy atom. The molecule has 0 spiro atoms. The summed E-state index contributed by atoms with van der Waals surface area (Å²) in [4.78, 5) is 18.2. The number of benzene rings is 2. The van der Waals surface area contributed by atoms with E-state index in [0.29, 0.717) is 41.5 Å². The number of hydrogen-bond donors (Lipinski definition) is 0. The van der Waals surface area contributed by atoms with Crippen LogP contribution >= 0.6 is 11.6 Å². The van der Waals surface area contributed by atoms with Crippen LogP contribution in [0.15, 0.2) is 58.7 Å². The minimum absolute atomic E-state index is 0.0422. The van der Waals surface area contributed by atoms with E-state index < -0.39 is 5.92 Å². The van der Waals surface area contributed by atoms with Gasteiger partial charge in [-0.1, -0.05) is 29.8 Å². The Hall–Kier alpha value is -3.10. The number of nitrogens with zero attached hydrogens (tertiary/aromatic N) is 2. The van der Waals surface area contributed by atoms with E-state index in [2.05, 4.69) is 6.07 Å². The lowest BCUT2D eigenvalue weighted by molar-refractivity contribution is -0.116. The van der Waals surface area contributed by atoms with Crippen LogP contribution in [0.3, 0.4) is 0 Å². The molecule has 4 rings (SSSR count). The predicted molar refractivity (Wildman–Crippen MR) is 125 cm³/mol. The highest BCUT2D eigenvalue weighted by Crippen LogP contribution is 2.47. The van der Waals surface area contributed by atoms with Crippen LogP contribution in [0.5, 0.6) is 11.5 Å². The fraction of sp³-hybridized carbons (Fsp3) is 0.346. The summed E-state index contributed by atoms with van der Waals surface area (Å²) in [5.74, 6) is 0.430. The van der Waals surface area contributed by atoms with Crippen LogP contribution in [0.25, 0.3) is 0 Å². The Morgan fingerprint density at radius 1 is 1.12 bits per heavy atom. The fourth-order valence-corrected chi connectivity index (χ4v) is 4.84. The summed E-state index contributed by atoms with van der Waals surface area (Å²) in [6.45, 7) is 4.30. The number of aliphatic imine (C=N–C) groups is 1. The van der Waals surface area contributed by atoms with Crippen molar-refractivity contribution in [2.24, 2.45) is 10.9 Å². The van der Waals surface area contributed by atoms with Crippen molar-refractivity contribution in [3.05, 3.63) is 69.9 Å². The first-order valence-electron chi connectivity index (χ1n) is 10.7. The summed E-state index contributed by atoms with van der Waals surface area (Å²) < 4.78 is 11.2. The molecule has 1 aliphatic heterocycles. The Morgan fingerprint density at radius 3 is 2.50 bits per heavy atom. The van der Waals surface area contributed by atoms with Gasteiger partial charge in [-0.15, -0.1) is 0 Å². The van der Waals surface area contributed by atoms with Crippen LogP contribution in [-0.4, -0.2) is 25.2 Å². The minimum Gasteiger partial charge on any atom is -0.493 e. The van der Waals surface area contributed by atoms with Crippen LogP contribution in [0.4, 0.5) is 0 Å². The molecular formula is C26H25ClN2O3. The van der Waals surface area contributed by atoms with Gasteiger partial charge in [0.1, 0.15) is 0 Å². The van der Waals surface area contributed by atoms with Crippen molar-refractivity contribution in [3.63, 3.8) is 0 Å². The SMILES string of the molecule is CCOc1ccc([C@H]2C3=C(C[C@H](c4ccc(Cl)cc4)CC3=O)N=C(C)C2C#N)cc1OC. The lowest BCUT2D eigenvalue weighted by Gasteiger charge is -2.35. The number of Topliss-reactive ketones (excluding diaryl/α,β-unsaturated/α-hetero) is 1. The van der Waals surface area contributed by atoms with Crippen molar-refractivity contribution in [1.29, 1.82) is 5.26 Å². The molecule has 0 amide bonds. The van der Waals surface area contributed by atoms with E-state index in [1.165, 1.54) is 0 Å². The maximum Gasteiger partial charge on any atom is 0.161 e. The quantitative estimate of drug-likeness (QED) is 0.575. The van der Waals surface area contributed by atoms with Gasteiger partial charge in [-0.25, -0.2) is 0 Å². The number of carbonyl (C=O) groups is 1. The molecule has 0 fully saturated rings. The summed E-state index contributed by atoms with van der Waals surface area (Å²) in [6, 6.07) is 15.7. The molecule has 164 valence electrons. The molecule has 2 aliphatic rings. The molecule has 5 nitrogen and oxygen atoms in total. The number of halogens is 1. The van der Waals surface area contributed by atoms with E-state index >= 15 is 0 Å². The number of methoxy groups -OCH3 is 1. The molecule has 0 aromatic heterocycles. The lowest BCUT2D eigenvalue weighted by Crippen LogP contribution is -2.32. The van der Waals surface area contributed by atoms with Gasteiger partial charge in [-0.3, -0.25) is 9.79 Å². The lowest BCUT2D eigenvalue weighted by atomic mass is 9.69. The highest BCUT2D eigenvalue weighted by atomic mass is 35.5. The smallest absolute Gasteiger partial charge is 0.161 e. The molecule has 0 bridgehead atoms. The zero-order chi connectivity index (χ0) is 22.8. The number of hydrogen-bond acceptors (Lipinski definition) is 5. The molecular weight excluding hydrogens is 424 g/mol. The summed E-state index contributed by atoms with van der Waals surface area (Å²) in [5.41, 5.74) is 4.09. The molecule has 0 saturated carbocycles. The summed E-state index contributed by atoms with van der Waals surface area (Å²) >= 11 is 6.04. The second kappa shape index (κ2) is 9.18. The molecule has 6 heteroatoms. The summed E-state index contributed by atoms with van der Waals surface area (Å²) in [7, 11) is 1.59. The third kappa shape index (κ3) is 4.03. The van der Waals surface area contributed by atoms with E-state index in [1.54, 1.807) is 7.11 Å². The first-order valence-corrected chi connectivity index (χ1v) is 11.1. The number of allylic oxidation sites excluding steroid dienone is 2. The molecule has 2 aromatic rings. The van der Waals surface area contributed by atoms with Gasteiger partial charge in [0.05, 0.1) is 25.7 Å². The van der Waals surface area contributed by atoms with Crippen LogP contribution in [-0.2, 0) is 4.79 Å². The Balaban J connectivity index is 1.77. The first kappa shape index (κ1) is 22.1. The first-order chi connectivity index (χ1) is 15.5. The molecule has 3 atom stereocenters. The molecule has 0 saturated heterocycles. The predicted octanol–water partition coefficient (Wildman–Crippen LogP) is 5.85. The summed E-state index contributed by atoms with van der Waals surface area (Å²) in [5, 5.41) is 10.6. The second-order valence-corrected chi connectivity index (χ2v) is 8.56. The number of rotatable bonds is 5. The van der Waals surface area contributed by atoms with Crippen molar-refractivity contribution >= 4 is 23.1 Å². The number of nitriles is 1. The van der Waals surface area contributed by atoms with Gasteiger partial charge >= 0.3 is 0 Å². The highest BCUT2D eigenvalue weighted by molar-refractivity contribution is 6.30. The van der Waals surface area contributed by atoms with Gasteiger partial charge in [0.2, 0.25) is 0 Å². The molecule has 2 aromatic carbocycles. The number of ketones is 1. The summed E-state index contributed by atoms with van der Waals surface area (Å²) in [6.07, 6.45) is 1.04. The third-order valence-electron chi connectivity index (χ3n) is 6.22. The van der Waals surface area contributed by atoms with Crippen molar-refractivity contribution in [1.82, 2.24) is 0 Å². The van der Waals surface area contributed by atoms with Crippen molar-refractivity contribution < 1.29 is 14.3 Å². The maximum absolute atomic E-state index is 13.4. The van der Waals surface area contributed by atoms with Gasteiger partial charge in [0.15, 0.2) is 17.3 Å². The number of ether oxygens (including phenoxy) is 2. The molecule has 0 radical (unpaired) electrons. The Labute approximate surface area is 193 Å². The van der Waals surface area contributed by atoms with Gasteiger partial charge in [0, 0.05) is 34.3 Å². The van der Waals surface area contributed by atoms with Crippen LogP contribution in [0.2, 0.25) is 5.02 Å². The standard InChI is InChI=1S/C26H25ClN2O3/c1-4-32-23-10-7-17(13-24(23)31-3)25-20(14-28)15(2)29-21-11-18(12-22(30)26(21)25)16-5-8-19(27)9-6-16/h5-10,13,18,20,25H,4,11-12H2,1-3H3/t18-,20?,25+/m0/s1. The van der Waals surface area contributed by atoms with E-state index in [-0.39, 0.29) is 17.6 Å². The fourth-order valence-electron chi connectivity index (χ4n) is 4.71. The van der Waals surface area contributed by atoms with E-state index in [9.17, 15) is 10.1 Å². The van der Waals surface area contributed by atoms with Crippen molar-refractivity contribution in [2.75, 3.05) is 13.7 Å². The molecule has 32 heavy (non-hydrogen) atoms. The van der Waals surface area contributed by atoms with Gasteiger partial charge in [-0.2, -0.15) is 5.26 Å². The van der Waals surface area contributed by atoms with Crippen LogP contribution in [0.1, 0.15) is 49.7 Å². The van der Waals surface area contributed by atoms with Crippen LogP contribution < -0.4 is 9.47 Å². The van der Waals surface area contributed by atoms with Crippen molar-refractivity contribution in [2.45, 2.75) is 38.5 Å². The molecule has 1 unspecified atom stereocenters. The average molecular weight is 449 g/mol. The zero-order valence-electron chi connectivity index (χ0n) is 18.4. The Kier molecular flexibility index (Phi) is 6.34. The molecule has 1 heterocycles. The van der Waals surface area contributed by atoms with E-state index in [1.807, 2.05) is 56.3 Å². The largest absolute Gasteiger partial charge is 0.493 e. The Bertz CT molecular complexity index is 1140. The van der Waals surface area contributed by atoms with Gasteiger partial charge in [-0.05, 0) is 61.6 Å². The molecule has 1 aliphatic carbocycles. The molecule has 0 N–H and O–H groups in total. The monoisotopic (exact) mass is 448 g/mol. The number of carbonyl (C=O) groups excluding carboxylic acids is 1. The van der Waals surface area contributed by atoms with Crippen LogP contribution in [0, 0.1) is 17.2 Å². The minimum atomic E-state index is -0.507. The third-order valence-corrected chi connectivity index (χ3v) is 6.47. The zero-order valence-corrected chi connectivity index (χ0v) is 19.1.